The normalized spacial score (nSPS) is 10.4. The van der Waals surface area contributed by atoms with Gasteiger partial charge in [-0.15, -0.1) is 0 Å². The van der Waals surface area contributed by atoms with Gasteiger partial charge in [-0.05, 0) is 24.3 Å². The molecule has 2 aromatic carbocycles. The third kappa shape index (κ3) is 2.69. The van der Waals surface area contributed by atoms with E-state index in [2.05, 4.69) is 5.10 Å². The van der Waals surface area contributed by atoms with Gasteiger partial charge in [0.05, 0.1) is 0 Å². The van der Waals surface area contributed by atoms with Crippen LogP contribution in [0.25, 0.3) is 11.3 Å². The van der Waals surface area contributed by atoms with Gasteiger partial charge in [0, 0.05) is 18.7 Å². The second-order valence-corrected chi connectivity index (χ2v) is 4.75. The van der Waals surface area contributed by atoms with E-state index in [-0.39, 0.29) is 11.3 Å². The average Bonchev–Trinajstić information content (AvgIpc) is 2.53. The van der Waals surface area contributed by atoms with Gasteiger partial charge in [-0.3, -0.25) is 4.79 Å². The molecule has 3 rings (SSSR count). The van der Waals surface area contributed by atoms with Crippen molar-refractivity contribution in [3.8, 4) is 28.5 Å². The van der Waals surface area contributed by atoms with Crippen molar-refractivity contribution in [3.63, 3.8) is 0 Å². The Morgan fingerprint density at radius 1 is 1.05 bits per heavy atom. The van der Waals surface area contributed by atoms with Crippen molar-refractivity contribution in [1.29, 1.82) is 0 Å². The maximum absolute atomic E-state index is 11.5. The molecule has 0 aliphatic heterocycles. The Kier molecular flexibility index (Phi) is 3.62. The number of benzene rings is 2. The lowest BCUT2D eigenvalue weighted by atomic mass is 10.1. The highest BCUT2D eigenvalue weighted by molar-refractivity contribution is 5.71. The van der Waals surface area contributed by atoms with E-state index in [1.807, 2.05) is 42.5 Å². The molecule has 22 heavy (non-hydrogen) atoms. The first kappa shape index (κ1) is 13.9. The minimum Gasteiger partial charge on any atom is -0.505 e. The second-order valence-electron chi connectivity index (χ2n) is 4.75. The van der Waals surface area contributed by atoms with Crippen LogP contribution in [-0.4, -0.2) is 14.9 Å². The highest BCUT2D eigenvalue weighted by Crippen LogP contribution is 2.35. The first-order chi connectivity index (χ1) is 10.6. The van der Waals surface area contributed by atoms with Crippen molar-refractivity contribution in [2.45, 2.75) is 0 Å². The van der Waals surface area contributed by atoms with Crippen LogP contribution in [0, 0.1) is 0 Å². The summed E-state index contributed by atoms with van der Waals surface area (Å²) in [6.45, 7) is 0. The minimum atomic E-state index is -0.372. The summed E-state index contributed by atoms with van der Waals surface area (Å²) in [6.07, 6.45) is 0. The molecular formula is C17H14N2O3. The summed E-state index contributed by atoms with van der Waals surface area (Å²) in [6, 6.07) is 17.7. The summed E-state index contributed by atoms with van der Waals surface area (Å²) >= 11 is 0. The van der Waals surface area contributed by atoms with Crippen molar-refractivity contribution in [2.24, 2.45) is 7.05 Å². The first-order valence-corrected chi connectivity index (χ1v) is 6.75. The lowest BCUT2D eigenvalue weighted by Crippen LogP contribution is -2.18. The number of rotatable bonds is 3. The number of nitrogens with zero attached hydrogens (tertiary/aromatic N) is 2. The summed E-state index contributed by atoms with van der Waals surface area (Å²) in [7, 11) is 1.53. The first-order valence-electron chi connectivity index (χ1n) is 6.75. The summed E-state index contributed by atoms with van der Waals surface area (Å²) in [5, 5.41) is 14.1. The molecule has 0 fully saturated rings. The van der Waals surface area contributed by atoms with Crippen molar-refractivity contribution in [1.82, 2.24) is 9.78 Å². The Labute approximate surface area is 127 Å². The maximum atomic E-state index is 11.5. The zero-order chi connectivity index (χ0) is 15.5. The third-order valence-electron chi connectivity index (χ3n) is 3.18. The number of para-hydroxylation sites is 2. The monoisotopic (exact) mass is 294 g/mol. The van der Waals surface area contributed by atoms with Crippen LogP contribution in [0.5, 0.6) is 17.2 Å². The predicted octanol–water partition coefficient (Wildman–Crippen LogP) is 2.95. The molecule has 0 atom stereocenters. The predicted molar refractivity (Wildman–Crippen MR) is 83.1 cm³/mol. The summed E-state index contributed by atoms with van der Waals surface area (Å²) in [4.78, 5) is 11.5. The molecule has 0 amide bonds. The standard InChI is InChI=1S/C17H14N2O3/c1-19-16(21)11-14(20)17(18-19)13-9-5-6-10-15(13)22-12-7-3-2-4-8-12/h2-11,20H,1H3. The molecule has 5 heteroatoms. The maximum Gasteiger partial charge on any atom is 0.270 e. The Balaban J connectivity index is 2.09. The fourth-order valence-electron chi connectivity index (χ4n) is 2.09. The molecule has 0 bridgehead atoms. The number of hydrogen-bond donors (Lipinski definition) is 1. The third-order valence-corrected chi connectivity index (χ3v) is 3.18. The van der Waals surface area contributed by atoms with Crippen LogP contribution in [0.2, 0.25) is 0 Å². The van der Waals surface area contributed by atoms with E-state index in [0.717, 1.165) is 6.07 Å². The van der Waals surface area contributed by atoms with Crippen LogP contribution in [0.1, 0.15) is 0 Å². The van der Waals surface area contributed by atoms with Gasteiger partial charge in [0.1, 0.15) is 22.9 Å². The highest BCUT2D eigenvalue weighted by atomic mass is 16.5. The quantitative estimate of drug-likeness (QED) is 0.806. The minimum absolute atomic E-state index is 0.174. The lowest BCUT2D eigenvalue weighted by Gasteiger charge is -2.12. The van der Waals surface area contributed by atoms with E-state index in [1.54, 1.807) is 12.1 Å². The van der Waals surface area contributed by atoms with Gasteiger partial charge in [0.15, 0.2) is 0 Å². The Hall–Kier alpha value is -3.08. The second kappa shape index (κ2) is 5.73. The zero-order valence-corrected chi connectivity index (χ0v) is 11.9. The number of hydrogen-bond acceptors (Lipinski definition) is 4. The molecule has 3 aromatic rings. The molecule has 1 N–H and O–H groups in total. The van der Waals surface area contributed by atoms with Crippen LogP contribution < -0.4 is 10.3 Å². The van der Waals surface area contributed by atoms with Gasteiger partial charge >= 0.3 is 0 Å². The van der Waals surface area contributed by atoms with Crippen molar-refractivity contribution in [3.05, 3.63) is 71.0 Å². The van der Waals surface area contributed by atoms with Gasteiger partial charge in [0.25, 0.3) is 5.56 Å². The van der Waals surface area contributed by atoms with Gasteiger partial charge in [0.2, 0.25) is 0 Å². The number of aromatic nitrogens is 2. The zero-order valence-electron chi connectivity index (χ0n) is 11.9. The Morgan fingerprint density at radius 2 is 1.73 bits per heavy atom. The van der Waals surface area contributed by atoms with E-state index in [9.17, 15) is 9.90 Å². The summed E-state index contributed by atoms with van der Waals surface area (Å²) < 4.78 is 7.03. The number of ether oxygens (including phenoxy) is 1. The van der Waals surface area contributed by atoms with Gasteiger partial charge in [-0.1, -0.05) is 30.3 Å². The Bertz CT molecular complexity index is 857. The van der Waals surface area contributed by atoms with Crippen molar-refractivity contribution >= 4 is 0 Å². The molecule has 0 saturated heterocycles. The van der Waals surface area contributed by atoms with E-state index in [0.29, 0.717) is 22.8 Å². The molecular weight excluding hydrogens is 280 g/mol. The van der Waals surface area contributed by atoms with Crippen LogP contribution in [0.15, 0.2) is 65.5 Å². The van der Waals surface area contributed by atoms with Crippen LogP contribution in [-0.2, 0) is 7.05 Å². The van der Waals surface area contributed by atoms with Gasteiger partial charge in [-0.25, -0.2) is 4.68 Å². The fraction of sp³-hybridized carbons (Fsp3) is 0.0588. The van der Waals surface area contributed by atoms with E-state index in [1.165, 1.54) is 11.7 Å². The molecule has 0 saturated carbocycles. The smallest absolute Gasteiger partial charge is 0.270 e. The van der Waals surface area contributed by atoms with Crippen molar-refractivity contribution in [2.75, 3.05) is 0 Å². The molecule has 0 spiro atoms. The van der Waals surface area contributed by atoms with Crippen LogP contribution in [0.3, 0.4) is 0 Å². The van der Waals surface area contributed by atoms with Crippen LogP contribution >= 0.6 is 0 Å². The van der Waals surface area contributed by atoms with E-state index >= 15 is 0 Å². The molecule has 5 nitrogen and oxygen atoms in total. The molecule has 0 radical (unpaired) electrons. The lowest BCUT2D eigenvalue weighted by molar-refractivity contribution is 0.463. The largest absolute Gasteiger partial charge is 0.505 e. The summed E-state index contributed by atoms with van der Waals surface area (Å²) in [5.74, 6) is 1.06. The molecule has 110 valence electrons. The van der Waals surface area contributed by atoms with Gasteiger partial charge in [-0.2, -0.15) is 5.10 Å². The van der Waals surface area contributed by atoms with E-state index in [4.69, 9.17) is 4.74 Å². The van der Waals surface area contributed by atoms with E-state index < -0.39 is 0 Å². The highest BCUT2D eigenvalue weighted by Gasteiger charge is 2.14. The topological polar surface area (TPSA) is 64.3 Å². The molecule has 0 unspecified atom stereocenters. The fourth-order valence-corrected chi connectivity index (χ4v) is 2.09. The number of aromatic hydroxyl groups is 1. The molecule has 1 heterocycles. The Morgan fingerprint density at radius 3 is 2.50 bits per heavy atom. The number of aryl methyl sites for hydroxylation is 1. The SMILES string of the molecule is Cn1nc(-c2ccccc2Oc2ccccc2)c(O)cc1=O. The van der Waals surface area contributed by atoms with Crippen LogP contribution in [0.4, 0.5) is 0 Å². The molecule has 0 aliphatic carbocycles. The summed E-state index contributed by atoms with van der Waals surface area (Å²) in [5.41, 5.74) is 0.538. The molecule has 0 aliphatic rings. The van der Waals surface area contributed by atoms with Gasteiger partial charge < -0.3 is 9.84 Å². The van der Waals surface area contributed by atoms with Crippen molar-refractivity contribution < 1.29 is 9.84 Å². The molecule has 1 aromatic heterocycles. The average molecular weight is 294 g/mol.